The van der Waals surface area contributed by atoms with Gasteiger partial charge in [0.2, 0.25) is 0 Å². The van der Waals surface area contributed by atoms with Crippen LogP contribution in [-0.2, 0) is 6.42 Å². The highest BCUT2D eigenvalue weighted by molar-refractivity contribution is 5.40. The lowest BCUT2D eigenvalue weighted by Gasteiger charge is -2.26. The Bertz CT molecular complexity index is 490. The van der Waals surface area contributed by atoms with Gasteiger partial charge in [-0.1, -0.05) is 31.5 Å². The summed E-state index contributed by atoms with van der Waals surface area (Å²) >= 11 is 0. The maximum absolute atomic E-state index is 8.77. The summed E-state index contributed by atoms with van der Waals surface area (Å²) in [6.45, 7) is 9.32. The zero-order valence-corrected chi connectivity index (χ0v) is 12.7. The average molecular weight is 272 g/mol. The minimum Gasteiger partial charge on any atom is -0.488 e. The van der Waals surface area contributed by atoms with Gasteiger partial charge < -0.3 is 4.74 Å². The third-order valence-corrected chi connectivity index (χ3v) is 3.58. The molecule has 0 bridgehead atoms. The predicted octanol–water partition coefficient (Wildman–Crippen LogP) is 3.17. The van der Waals surface area contributed by atoms with Crippen LogP contribution >= 0.6 is 0 Å². The van der Waals surface area contributed by atoms with Gasteiger partial charge in [-0.3, -0.25) is 4.90 Å². The van der Waals surface area contributed by atoms with Gasteiger partial charge in [0.05, 0.1) is 6.07 Å². The van der Waals surface area contributed by atoms with Crippen LogP contribution < -0.4 is 4.74 Å². The van der Waals surface area contributed by atoms with Crippen LogP contribution in [0.25, 0.3) is 0 Å². The summed E-state index contributed by atoms with van der Waals surface area (Å²) < 4.78 is 6.03. The lowest BCUT2D eigenvalue weighted by Crippen LogP contribution is -2.37. The van der Waals surface area contributed by atoms with E-state index in [9.17, 15) is 0 Å². The van der Waals surface area contributed by atoms with Crippen LogP contribution in [0.3, 0.4) is 0 Å². The van der Waals surface area contributed by atoms with E-state index < -0.39 is 0 Å². The number of benzene rings is 1. The normalized spacial score (nSPS) is 17.1. The van der Waals surface area contributed by atoms with Crippen molar-refractivity contribution in [3.63, 3.8) is 0 Å². The second-order valence-electron chi connectivity index (χ2n) is 6.12. The highest BCUT2D eigenvalue weighted by Gasteiger charge is 2.25. The number of ether oxygens (including phenoxy) is 1. The molecule has 20 heavy (non-hydrogen) atoms. The molecule has 0 saturated carbocycles. The van der Waals surface area contributed by atoms with E-state index >= 15 is 0 Å². The van der Waals surface area contributed by atoms with Crippen molar-refractivity contribution in [2.24, 2.45) is 5.92 Å². The van der Waals surface area contributed by atoms with Crippen molar-refractivity contribution in [3.05, 3.63) is 29.3 Å². The fraction of sp³-hybridized carbons (Fsp3) is 0.588. The zero-order valence-electron chi connectivity index (χ0n) is 12.7. The Morgan fingerprint density at radius 3 is 2.95 bits per heavy atom. The van der Waals surface area contributed by atoms with Crippen LogP contribution in [0.2, 0.25) is 0 Å². The predicted molar refractivity (Wildman–Crippen MR) is 80.8 cm³/mol. The number of aryl methyl sites for hydroxylation is 1. The Morgan fingerprint density at radius 1 is 1.45 bits per heavy atom. The number of nitriles is 1. The quantitative estimate of drug-likeness (QED) is 0.798. The molecule has 0 saturated heterocycles. The average Bonchev–Trinajstić information content (AvgIpc) is 2.76. The standard InChI is InChI=1S/C17H24N2O/c1-13(2)11-19(8-4-7-18)12-16-10-15-9-14(3)5-6-17(15)20-16/h5-6,9,13,16H,4,8,10-12H2,1-3H3. The van der Waals surface area contributed by atoms with Crippen LogP contribution in [0.1, 0.15) is 31.4 Å². The molecule has 0 aliphatic carbocycles. The van der Waals surface area contributed by atoms with Crippen molar-refractivity contribution >= 4 is 0 Å². The summed E-state index contributed by atoms with van der Waals surface area (Å²) in [4.78, 5) is 2.36. The van der Waals surface area contributed by atoms with Gasteiger partial charge in [-0.15, -0.1) is 0 Å². The number of hydrogen-bond acceptors (Lipinski definition) is 3. The lowest BCUT2D eigenvalue weighted by molar-refractivity contribution is 0.142. The van der Waals surface area contributed by atoms with Gasteiger partial charge in [0.25, 0.3) is 0 Å². The minimum atomic E-state index is 0.226. The van der Waals surface area contributed by atoms with E-state index in [1.165, 1.54) is 11.1 Å². The number of hydrogen-bond donors (Lipinski definition) is 0. The van der Waals surface area contributed by atoms with Gasteiger partial charge >= 0.3 is 0 Å². The third kappa shape index (κ3) is 3.98. The summed E-state index contributed by atoms with van der Waals surface area (Å²) in [7, 11) is 0. The fourth-order valence-electron chi connectivity index (χ4n) is 2.82. The first-order valence-corrected chi connectivity index (χ1v) is 7.44. The van der Waals surface area contributed by atoms with Crippen LogP contribution in [0.4, 0.5) is 0 Å². The largest absolute Gasteiger partial charge is 0.488 e. The molecule has 0 aromatic heterocycles. The molecule has 0 radical (unpaired) electrons. The molecular formula is C17H24N2O. The van der Waals surface area contributed by atoms with E-state index in [2.05, 4.69) is 49.9 Å². The van der Waals surface area contributed by atoms with Gasteiger partial charge in [0, 0.05) is 32.5 Å². The second-order valence-corrected chi connectivity index (χ2v) is 6.12. The van der Waals surface area contributed by atoms with E-state index in [0.717, 1.165) is 31.8 Å². The van der Waals surface area contributed by atoms with E-state index in [1.807, 2.05) is 0 Å². The van der Waals surface area contributed by atoms with E-state index in [1.54, 1.807) is 0 Å². The summed E-state index contributed by atoms with van der Waals surface area (Å²) in [5.74, 6) is 1.64. The SMILES string of the molecule is Cc1ccc2c(c1)CC(CN(CCC#N)CC(C)C)O2. The Balaban J connectivity index is 1.94. The molecule has 0 fully saturated rings. The van der Waals surface area contributed by atoms with Crippen LogP contribution in [0.15, 0.2) is 18.2 Å². The molecule has 0 N–H and O–H groups in total. The van der Waals surface area contributed by atoms with Gasteiger partial charge in [0.15, 0.2) is 0 Å². The van der Waals surface area contributed by atoms with E-state index in [4.69, 9.17) is 10.00 Å². The van der Waals surface area contributed by atoms with E-state index in [0.29, 0.717) is 12.3 Å². The summed E-state index contributed by atoms with van der Waals surface area (Å²) in [6.07, 6.45) is 1.80. The van der Waals surface area contributed by atoms with Crippen molar-refractivity contribution < 1.29 is 4.74 Å². The van der Waals surface area contributed by atoms with Crippen molar-refractivity contribution in [3.8, 4) is 11.8 Å². The fourth-order valence-corrected chi connectivity index (χ4v) is 2.82. The second kappa shape index (κ2) is 6.76. The monoisotopic (exact) mass is 272 g/mol. The smallest absolute Gasteiger partial charge is 0.123 e. The molecule has 2 rings (SSSR count). The van der Waals surface area contributed by atoms with Crippen molar-refractivity contribution in [2.45, 2.75) is 39.7 Å². The minimum absolute atomic E-state index is 0.226. The van der Waals surface area contributed by atoms with Gasteiger partial charge in [-0.2, -0.15) is 5.26 Å². The van der Waals surface area contributed by atoms with Crippen molar-refractivity contribution in [2.75, 3.05) is 19.6 Å². The van der Waals surface area contributed by atoms with Gasteiger partial charge in [-0.25, -0.2) is 0 Å². The zero-order chi connectivity index (χ0) is 14.5. The molecule has 1 atom stereocenters. The Morgan fingerprint density at radius 2 is 2.25 bits per heavy atom. The molecule has 3 nitrogen and oxygen atoms in total. The molecule has 1 aromatic rings. The first-order chi connectivity index (χ1) is 9.58. The number of fused-ring (bicyclic) bond motifs is 1. The van der Waals surface area contributed by atoms with Gasteiger partial charge in [-0.05, 0) is 24.5 Å². The first kappa shape index (κ1) is 14.9. The summed E-state index contributed by atoms with van der Waals surface area (Å²) in [5.41, 5.74) is 2.61. The maximum Gasteiger partial charge on any atom is 0.123 e. The van der Waals surface area contributed by atoms with Crippen LogP contribution in [0.5, 0.6) is 5.75 Å². The topological polar surface area (TPSA) is 36.3 Å². The highest BCUT2D eigenvalue weighted by atomic mass is 16.5. The van der Waals surface area contributed by atoms with Crippen LogP contribution in [-0.4, -0.2) is 30.6 Å². The Labute approximate surface area is 122 Å². The summed E-state index contributed by atoms with van der Waals surface area (Å²) in [5, 5.41) is 8.77. The Kier molecular flexibility index (Phi) is 5.03. The number of rotatable bonds is 6. The third-order valence-electron chi connectivity index (χ3n) is 3.58. The summed E-state index contributed by atoms with van der Waals surface area (Å²) in [6, 6.07) is 8.63. The van der Waals surface area contributed by atoms with Gasteiger partial charge in [0.1, 0.15) is 11.9 Å². The van der Waals surface area contributed by atoms with Crippen LogP contribution in [0, 0.1) is 24.2 Å². The molecule has 3 heteroatoms. The highest BCUT2D eigenvalue weighted by Crippen LogP contribution is 2.29. The molecule has 1 aromatic carbocycles. The molecule has 108 valence electrons. The molecular weight excluding hydrogens is 248 g/mol. The Hall–Kier alpha value is -1.53. The number of nitrogens with zero attached hydrogens (tertiary/aromatic N) is 2. The molecule has 1 aliphatic rings. The first-order valence-electron chi connectivity index (χ1n) is 7.44. The molecule has 1 unspecified atom stereocenters. The molecule has 0 amide bonds. The van der Waals surface area contributed by atoms with E-state index in [-0.39, 0.29) is 6.10 Å². The molecule has 0 spiro atoms. The van der Waals surface area contributed by atoms with Crippen molar-refractivity contribution in [1.82, 2.24) is 4.90 Å². The molecule has 1 heterocycles. The maximum atomic E-state index is 8.77. The molecule has 1 aliphatic heterocycles. The van der Waals surface area contributed by atoms with Crippen molar-refractivity contribution in [1.29, 1.82) is 5.26 Å². The lowest BCUT2D eigenvalue weighted by atomic mass is 10.1.